The summed E-state index contributed by atoms with van der Waals surface area (Å²) in [5.41, 5.74) is 7.68. The lowest BCUT2D eigenvalue weighted by atomic mass is 10.2. The minimum absolute atomic E-state index is 0.237. The van der Waals surface area contributed by atoms with Crippen LogP contribution in [0.15, 0.2) is 53.5 Å². The standard InChI is InChI=1S/C10H10N2O2S.C9H7N3OS/c1-2-12-8(10(13)14)6-7(11-12)9-4-3-5-15-9;10-8(13)9-12-7(5-14-9)6-2-1-3-11-4-6/h3-6H,2H2,1H3,(H,13,14);1-5H,(H2,10,13). The van der Waals surface area contributed by atoms with Crippen LogP contribution in [-0.2, 0) is 6.54 Å². The molecular formula is C19H17N5O3S2. The smallest absolute Gasteiger partial charge is 0.354 e. The molecule has 0 unspecified atom stereocenters. The Hall–Kier alpha value is -3.37. The Labute approximate surface area is 174 Å². The van der Waals surface area contributed by atoms with Gasteiger partial charge in [-0.15, -0.1) is 22.7 Å². The summed E-state index contributed by atoms with van der Waals surface area (Å²) in [7, 11) is 0. The first-order chi connectivity index (χ1) is 14.0. The first-order valence-electron chi connectivity index (χ1n) is 8.50. The number of amides is 1. The fourth-order valence-electron chi connectivity index (χ4n) is 2.41. The van der Waals surface area contributed by atoms with Crippen molar-refractivity contribution in [3.8, 4) is 21.8 Å². The predicted octanol–water partition coefficient (Wildman–Crippen LogP) is 3.63. The highest BCUT2D eigenvalue weighted by molar-refractivity contribution is 7.13. The van der Waals surface area contributed by atoms with E-state index >= 15 is 0 Å². The lowest BCUT2D eigenvalue weighted by Gasteiger charge is -1.97. The van der Waals surface area contributed by atoms with Crippen LogP contribution < -0.4 is 5.73 Å². The number of aromatic nitrogens is 4. The van der Waals surface area contributed by atoms with E-state index in [4.69, 9.17) is 10.8 Å². The van der Waals surface area contributed by atoms with E-state index in [0.717, 1.165) is 21.8 Å². The van der Waals surface area contributed by atoms with E-state index < -0.39 is 11.9 Å². The lowest BCUT2D eigenvalue weighted by molar-refractivity contribution is 0.0683. The molecule has 0 fully saturated rings. The van der Waals surface area contributed by atoms with Gasteiger partial charge < -0.3 is 10.8 Å². The monoisotopic (exact) mass is 427 g/mol. The highest BCUT2D eigenvalue weighted by Gasteiger charge is 2.14. The minimum Gasteiger partial charge on any atom is -0.477 e. The number of aryl methyl sites for hydroxylation is 1. The number of pyridine rings is 1. The Balaban J connectivity index is 0.000000166. The summed E-state index contributed by atoms with van der Waals surface area (Å²) in [6.07, 6.45) is 3.38. The van der Waals surface area contributed by atoms with Crippen molar-refractivity contribution >= 4 is 34.6 Å². The average Bonchev–Trinajstić information content (AvgIpc) is 3.49. The Bertz CT molecular complexity index is 1100. The van der Waals surface area contributed by atoms with E-state index in [2.05, 4.69) is 15.1 Å². The van der Waals surface area contributed by atoms with Crippen LogP contribution in [0.25, 0.3) is 21.8 Å². The first-order valence-corrected chi connectivity index (χ1v) is 10.3. The number of hydrogen-bond acceptors (Lipinski definition) is 7. The van der Waals surface area contributed by atoms with Gasteiger partial charge in [0.25, 0.3) is 5.91 Å². The van der Waals surface area contributed by atoms with Crippen molar-refractivity contribution in [2.75, 3.05) is 0 Å². The molecule has 4 rings (SSSR count). The summed E-state index contributed by atoms with van der Waals surface area (Å²) in [4.78, 5) is 30.7. The van der Waals surface area contributed by atoms with E-state index in [1.807, 2.05) is 36.6 Å². The predicted molar refractivity (Wildman–Crippen MR) is 112 cm³/mol. The fourth-order valence-corrected chi connectivity index (χ4v) is 3.77. The van der Waals surface area contributed by atoms with E-state index in [1.165, 1.54) is 16.0 Å². The first kappa shape index (κ1) is 20.4. The molecule has 4 heterocycles. The second-order valence-electron chi connectivity index (χ2n) is 5.66. The van der Waals surface area contributed by atoms with Gasteiger partial charge in [0, 0.05) is 29.9 Å². The molecule has 4 aromatic heterocycles. The number of thiazole rings is 1. The number of rotatable bonds is 5. The Morgan fingerprint density at radius 2 is 2.03 bits per heavy atom. The second kappa shape index (κ2) is 9.22. The molecule has 1 amide bonds. The zero-order valence-corrected chi connectivity index (χ0v) is 17.0. The summed E-state index contributed by atoms with van der Waals surface area (Å²) in [6, 6.07) is 9.16. The number of carbonyl (C=O) groups excluding carboxylic acids is 1. The van der Waals surface area contributed by atoms with Crippen LogP contribution in [0.4, 0.5) is 0 Å². The maximum absolute atomic E-state index is 10.9. The van der Waals surface area contributed by atoms with Crippen molar-refractivity contribution in [3.63, 3.8) is 0 Å². The van der Waals surface area contributed by atoms with Gasteiger partial charge in [0.05, 0.1) is 10.6 Å². The number of nitrogens with zero attached hydrogens (tertiary/aromatic N) is 4. The Morgan fingerprint density at radius 1 is 1.21 bits per heavy atom. The normalized spacial score (nSPS) is 10.2. The van der Waals surface area contributed by atoms with Gasteiger partial charge in [0.2, 0.25) is 0 Å². The summed E-state index contributed by atoms with van der Waals surface area (Å²) >= 11 is 2.79. The number of carbonyl (C=O) groups is 2. The maximum atomic E-state index is 10.9. The van der Waals surface area contributed by atoms with Crippen molar-refractivity contribution in [2.45, 2.75) is 13.5 Å². The summed E-state index contributed by atoms with van der Waals surface area (Å²) < 4.78 is 1.50. The van der Waals surface area contributed by atoms with Crippen molar-refractivity contribution in [1.82, 2.24) is 19.7 Å². The van der Waals surface area contributed by atoms with Crippen molar-refractivity contribution in [3.05, 3.63) is 64.2 Å². The molecule has 4 aromatic rings. The molecule has 0 spiro atoms. The number of nitrogens with two attached hydrogens (primary N) is 1. The van der Waals surface area contributed by atoms with Gasteiger partial charge in [-0.05, 0) is 36.6 Å². The topological polar surface area (TPSA) is 124 Å². The third kappa shape index (κ3) is 4.92. The summed E-state index contributed by atoms with van der Waals surface area (Å²) in [5, 5.41) is 17.2. The molecule has 0 aliphatic heterocycles. The van der Waals surface area contributed by atoms with Crippen molar-refractivity contribution in [1.29, 1.82) is 0 Å². The highest BCUT2D eigenvalue weighted by atomic mass is 32.1. The average molecular weight is 428 g/mol. The summed E-state index contributed by atoms with van der Waals surface area (Å²) in [6.45, 7) is 2.44. The molecule has 0 bridgehead atoms. The van der Waals surface area contributed by atoms with Crippen LogP contribution in [-0.4, -0.2) is 36.7 Å². The largest absolute Gasteiger partial charge is 0.477 e. The van der Waals surface area contributed by atoms with Gasteiger partial charge in [0.15, 0.2) is 5.01 Å². The third-order valence-electron chi connectivity index (χ3n) is 3.74. The van der Waals surface area contributed by atoms with Crippen molar-refractivity contribution < 1.29 is 14.7 Å². The van der Waals surface area contributed by atoms with Gasteiger partial charge in [0.1, 0.15) is 11.4 Å². The molecule has 0 aliphatic carbocycles. The molecule has 0 aromatic carbocycles. The molecule has 0 atom stereocenters. The zero-order valence-electron chi connectivity index (χ0n) is 15.3. The van der Waals surface area contributed by atoms with Gasteiger partial charge >= 0.3 is 5.97 Å². The van der Waals surface area contributed by atoms with Gasteiger partial charge in [-0.25, -0.2) is 9.78 Å². The molecule has 0 saturated heterocycles. The van der Waals surface area contributed by atoms with E-state index in [0.29, 0.717) is 11.6 Å². The third-order valence-corrected chi connectivity index (χ3v) is 5.49. The fraction of sp³-hybridized carbons (Fsp3) is 0.105. The molecule has 8 nitrogen and oxygen atoms in total. The molecule has 0 radical (unpaired) electrons. The number of carboxylic acids is 1. The maximum Gasteiger partial charge on any atom is 0.354 e. The van der Waals surface area contributed by atoms with Crippen molar-refractivity contribution in [2.24, 2.45) is 5.73 Å². The van der Waals surface area contributed by atoms with Crippen LogP contribution in [0.1, 0.15) is 27.2 Å². The van der Waals surface area contributed by atoms with Crippen LogP contribution in [0.2, 0.25) is 0 Å². The SMILES string of the molecule is CCn1nc(-c2cccs2)cc1C(=O)O.NC(=O)c1nc(-c2cccnc2)cs1. The van der Waals surface area contributed by atoms with Gasteiger partial charge in [-0.1, -0.05) is 6.07 Å². The zero-order chi connectivity index (χ0) is 20.8. The highest BCUT2D eigenvalue weighted by Crippen LogP contribution is 2.24. The van der Waals surface area contributed by atoms with E-state index in [1.54, 1.807) is 35.2 Å². The molecule has 148 valence electrons. The number of carboxylic acid groups (broad SMARTS) is 1. The van der Waals surface area contributed by atoms with Crippen LogP contribution in [0, 0.1) is 0 Å². The van der Waals surface area contributed by atoms with E-state index in [9.17, 15) is 9.59 Å². The second-order valence-corrected chi connectivity index (χ2v) is 7.46. The van der Waals surface area contributed by atoms with Gasteiger partial charge in [-0.2, -0.15) is 5.10 Å². The number of primary amides is 1. The molecule has 0 aliphatic rings. The number of thiophene rings is 1. The quantitative estimate of drug-likeness (QED) is 0.501. The minimum atomic E-state index is -0.938. The van der Waals surface area contributed by atoms with Crippen LogP contribution >= 0.6 is 22.7 Å². The Morgan fingerprint density at radius 3 is 2.55 bits per heavy atom. The van der Waals surface area contributed by atoms with Crippen LogP contribution in [0.3, 0.4) is 0 Å². The van der Waals surface area contributed by atoms with E-state index in [-0.39, 0.29) is 5.69 Å². The number of aromatic carboxylic acids is 1. The van der Waals surface area contributed by atoms with Crippen LogP contribution in [0.5, 0.6) is 0 Å². The molecule has 29 heavy (non-hydrogen) atoms. The molecule has 3 N–H and O–H groups in total. The Kier molecular flexibility index (Phi) is 6.47. The molecule has 0 saturated carbocycles. The number of hydrogen-bond donors (Lipinski definition) is 2. The lowest BCUT2D eigenvalue weighted by Crippen LogP contribution is -2.10. The molecule has 10 heteroatoms. The molecular weight excluding hydrogens is 410 g/mol. The van der Waals surface area contributed by atoms with Gasteiger partial charge in [-0.3, -0.25) is 14.5 Å². The summed E-state index contributed by atoms with van der Waals surface area (Å²) in [5.74, 6) is -1.43.